The Kier molecular flexibility index (Phi) is 4.44. The van der Waals surface area contributed by atoms with Gasteiger partial charge in [0.1, 0.15) is 16.5 Å². The molecule has 0 atom stereocenters. The molecule has 0 bridgehead atoms. The van der Waals surface area contributed by atoms with Crippen LogP contribution in [0.15, 0.2) is 53.3 Å². The molecule has 3 heterocycles. The summed E-state index contributed by atoms with van der Waals surface area (Å²) in [6, 6.07) is 12.2. The molecule has 2 aliphatic rings. The molecule has 3 N–H and O–H groups in total. The van der Waals surface area contributed by atoms with Gasteiger partial charge in [0.05, 0.1) is 6.20 Å². The number of fused-ring (bicyclic) bond motifs is 1. The van der Waals surface area contributed by atoms with Crippen LogP contribution in [0.25, 0.3) is 11.7 Å². The molecule has 8 nitrogen and oxygen atoms in total. The first-order valence-electron chi connectivity index (χ1n) is 9.32. The van der Waals surface area contributed by atoms with E-state index in [0.717, 1.165) is 29.4 Å². The summed E-state index contributed by atoms with van der Waals surface area (Å²) in [5.74, 6) is 1.22. The van der Waals surface area contributed by atoms with Crippen molar-refractivity contribution >= 4 is 41.2 Å². The van der Waals surface area contributed by atoms with Crippen molar-refractivity contribution in [2.45, 2.75) is 29.7 Å². The van der Waals surface area contributed by atoms with Crippen molar-refractivity contribution in [1.29, 1.82) is 0 Å². The van der Waals surface area contributed by atoms with E-state index in [0.29, 0.717) is 17.3 Å². The molecular weight excluding hydrogens is 388 g/mol. The molecule has 1 saturated carbocycles. The number of anilines is 1. The number of rotatable bonds is 6. The second-order valence-electron chi connectivity index (χ2n) is 6.97. The summed E-state index contributed by atoms with van der Waals surface area (Å²) in [4.78, 5) is 28.0. The Bertz CT molecular complexity index is 1140. The van der Waals surface area contributed by atoms with Crippen molar-refractivity contribution in [2.75, 3.05) is 5.32 Å². The summed E-state index contributed by atoms with van der Waals surface area (Å²) in [7, 11) is 0. The summed E-state index contributed by atoms with van der Waals surface area (Å²) < 4.78 is 1.74. The first-order valence-corrected chi connectivity index (χ1v) is 10.3. The number of amides is 3. The number of carbonyl (C=O) groups excluding carboxylic acids is 2. The lowest BCUT2D eigenvalue weighted by Gasteiger charge is -2.10. The number of nitrogens with one attached hydrogen (secondary N) is 3. The molecule has 3 amide bonds. The molecule has 2 aromatic heterocycles. The van der Waals surface area contributed by atoms with Crippen molar-refractivity contribution in [3.8, 4) is 0 Å². The van der Waals surface area contributed by atoms with Gasteiger partial charge >= 0.3 is 6.03 Å². The van der Waals surface area contributed by atoms with Crippen molar-refractivity contribution in [3.63, 3.8) is 0 Å². The maximum Gasteiger partial charge on any atom is 0.326 e. The highest BCUT2D eigenvalue weighted by atomic mass is 32.2. The number of benzene rings is 1. The zero-order valence-corrected chi connectivity index (χ0v) is 16.2. The highest BCUT2D eigenvalue weighted by molar-refractivity contribution is 7.98. The Labute approximate surface area is 170 Å². The first kappa shape index (κ1) is 17.7. The molecule has 1 saturated heterocycles. The van der Waals surface area contributed by atoms with E-state index < -0.39 is 11.9 Å². The minimum Gasteiger partial charge on any atom is -0.367 e. The molecule has 0 spiro atoms. The molecular formula is C20H18N6O2S. The van der Waals surface area contributed by atoms with Crippen LogP contribution in [0.1, 0.15) is 24.0 Å². The summed E-state index contributed by atoms with van der Waals surface area (Å²) in [6.45, 7) is 0. The lowest BCUT2D eigenvalue weighted by Crippen LogP contribution is -2.22. The summed E-state index contributed by atoms with van der Waals surface area (Å²) >= 11 is 1.64. The van der Waals surface area contributed by atoms with Crippen LogP contribution in [0.2, 0.25) is 0 Å². The lowest BCUT2D eigenvalue weighted by atomic mass is 10.2. The van der Waals surface area contributed by atoms with E-state index in [1.54, 1.807) is 28.6 Å². The topological polar surface area (TPSA) is 100 Å². The minimum absolute atomic E-state index is 0.186. The van der Waals surface area contributed by atoms with Crippen LogP contribution in [-0.2, 0) is 10.5 Å². The second-order valence-corrected chi connectivity index (χ2v) is 7.97. The van der Waals surface area contributed by atoms with Crippen LogP contribution in [0.5, 0.6) is 0 Å². The third-order valence-corrected chi connectivity index (χ3v) is 5.64. The van der Waals surface area contributed by atoms with Gasteiger partial charge in [-0.2, -0.15) is 9.61 Å². The molecule has 0 unspecified atom stereocenters. The van der Waals surface area contributed by atoms with Crippen LogP contribution < -0.4 is 16.0 Å². The van der Waals surface area contributed by atoms with Gasteiger partial charge in [0.25, 0.3) is 5.91 Å². The van der Waals surface area contributed by atoms with Crippen molar-refractivity contribution in [2.24, 2.45) is 0 Å². The molecule has 29 heavy (non-hydrogen) atoms. The second kappa shape index (κ2) is 7.25. The Morgan fingerprint density at radius 1 is 1.21 bits per heavy atom. The van der Waals surface area contributed by atoms with Crippen LogP contribution in [0, 0.1) is 0 Å². The van der Waals surface area contributed by atoms with Crippen LogP contribution in [0.4, 0.5) is 10.6 Å². The molecule has 5 rings (SSSR count). The summed E-state index contributed by atoms with van der Waals surface area (Å²) in [6.07, 6.45) is 5.53. The molecule has 1 aliphatic heterocycles. The highest BCUT2D eigenvalue weighted by Gasteiger charge is 2.25. The normalized spacial score (nSPS) is 17.6. The number of aromatic nitrogens is 3. The third-order valence-electron chi connectivity index (χ3n) is 4.65. The van der Waals surface area contributed by atoms with Crippen LogP contribution >= 0.6 is 11.8 Å². The monoisotopic (exact) mass is 406 g/mol. The number of nitrogens with zero attached hydrogens (tertiary/aromatic N) is 3. The number of carbonyl (C=O) groups is 2. The fourth-order valence-electron chi connectivity index (χ4n) is 3.04. The molecule has 1 aromatic carbocycles. The molecule has 3 aromatic rings. The average Bonchev–Trinajstić information content (AvgIpc) is 3.36. The largest absolute Gasteiger partial charge is 0.367 e. The molecule has 0 radical (unpaired) electrons. The fourth-order valence-corrected chi connectivity index (χ4v) is 3.90. The van der Waals surface area contributed by atoms with Gasteiger partial charge < -0.3 is 10.6 Å². The number of imide groups is 1. The zero-order chi connectivity index (χ0) is 19.8. The number of hydrogen-bond donors (Lipinski definition) is 3. The summed E-state index contributed by atoms with van der Waals surface area (Å²) in [5, 5.41) is 13.5. The molecule has 146 valence electrons. The van der Waals surface area contributed by atoms with E-state index in [1.165, 1.54) is 5.56 Å². The number of thioether (sulfide) groups is 1. The SMILES string of the molecule is O=C1NC(=O)C(=Cc2cnn3c(NC4CC4)cc(SCc4ccccc4)nc23)N1. The van der Waals surface area contributed by atoms with Crippen LogP contribution in [-0.4, -0.2) is 32.6 Å². The molecule has 1 aliphatic carbocycles. The van der Waals surface area contributed by atoms with E-state index in [-0.39, 0.29) is 5.70 Å². The Balaban J connectivity index is 1.51. The van der Waals surface area contributed by atoms with E-state index in [9.17, 15) is 9.59 Å². The van der Waals surface area contributed by atoms with Gasteiger partial charge in [-0.1, -0.05) is 30.3 Å². The van der Waals surface area contributed by atoms with Crippen LogP contribution in [0.3, 0.4) is 0 Å². The Morgan fingerprint density at radius 2 is 2.03 bits per heavy atom. The maximum absolute atomic E-state index is 11.9. The smallest absolute Gasteiger partial charge is 0.326 e. The van der Waals surface area contributed by atoms with E-state index in [2.05, 4.69) is 33.2 Å². The predicted molar refractivity (Wildman–Crippen MR) is 110 cm³/mol. The quantitative estimate of drug-likeness (QED) is 0.252. The minimum atomic E-state index is -0.527. The summed E-state index contributed by atoms with van der Waals surface area (Å²) in [5.41, 5.74) is 2.70. The van der Waals surface area contributed by atoms with Gasteiger partial charge in [-0.15, -0.1) is 11.8 Å². The van der Waals surface area contributed by atoms with Gasteiger partial charge in [0.2, 0.25) is 0 Å². The molecule has 9 heteroatoms. The predicted octanol–water partition coefficient (Wildman–Crippen LogP) is 2.78. The van der Waals surface area contributed by atoms with Gasteiger partial charge in [0.15, 0.2) is 5.65 Å². The van der Waals surface area contributed by atoms with Gasteiger partial charge in [0, 0.05) is 23.4 Å². The van der Waals surface area contributed by atoms with E-state index >= 15 is 0 Å². The lowest BCUT2D eigenvalue weighted by molar-refractivity contribution is -0.115. The Hall–Kier alpha value is -3.33. The third kappa shape index (κ3) is 3.81. The number of urea groups is 1. The first-order chi connectivity index (χ1) is 14.2. The Morgan fingerprint density at radius 3 is 2.76 bits per heavy atom. The van der Waals surface area contributed by atoms with Gasteiger partial charge in [-0.25, -0.2) is 9.78 Å². The zero-order valence-electron chi connectivity index (χ0n) is 15.4. The highest BCUT2D eigenvalue weighted by Crippen LogP contribution is 2.30. The fraction of sp³-hybridized carbons (Fsp3) is 0.200. The van der Waals surface area contributed by atoms with E-state index in [1.807, 2.05) is 24.3 Å². The molecule has 2 fully saturated rings. The average molecular weight is 406 g/mol. The van der Waals surface area contributed by atoms with Crippen molar-refractivity contribution in [3.05, 3.63) is 59.4 Å². The van der Waals surface area contributed by atoms with E-state index in [4.69, 9.17) is 4.98 Å². The van der Waals surface area contributed by atoms with Gasteiger partial charge in [-0.05, 0) is 24.5 Å². The maximum atomic E-state index is 11.9. The number of hydrogen-bond acceptors (Lipinski definition) is 6. The van der Waals surface area contributed by atoms with Crippen molar-refractivity contribution in [1.82, 2.24) is 25.2 Å². The van der Waals surface area contributed by atoms with Gasteiger partial charge in [-0.3, -0.25) is 10.1 Å². The van der Waals surface area contributed by atoms with Crippen molar-refractivity contribution < 1.29 is 9.59 Å². The standard InChI is InChI=1S/C20H18N6O2S/c27-19-15(23-20(28)25-19)8-13-10-21-26-16(22-14-6-7-14)9-17(24-18(13)26)29-11-12-4-2-1-3-5-12/h1-5,8-10,14,22H,6-7,11H2,(H2,23,25,27,28).